The largest absolute Gasteiger partial charge is 0.309 e. The molecule has 1 aromatic heterocycles. The summed E-state index contributed by atoms with van der Waals surface area (Å²) in [6, 6.07) is 5.11. The molecule has 1 fully saturated rings. The first kappa shape index (κ1) is 15.0. The van der Waals surface area contributed by atoms with E-state index in [-0.39, 0.29) is 5.54 Å². The zero-order chi connectivity index (χ0) is 13.9. The van der Waals surface area contributed by atoms with Gasteiger partial charge in [-0.2, -0.15) is 0 Å². The highest BCUT2D eigenvalue weighted by Gasteiger charge is 2.34. The number of thiophene rings is 1. The third kappa shape index (κ3) is 4.04. The van der Waals surface area contributed by atoms with Gasteiger partial charge in [-0.05, 0) is 37.1 Å². The minimum Gasteiger partial charge on any atom is -0.309 e. The molecule has 3 heteroatoms. The first-order valence-corrected chi connectivity index (χ1v) is 8.42. The second kappa shape index (κ2) is 6.38. The van der Waals surface area contributed by atoms with Crippen molar-refractivity contribution in [3.8, 4) is 0 Å². The molecular weight excluding hydrogens is 252 g/mol. The zero-order valence-corrected chi connectivity index (χ0v) is 13.6. The van der Waals surface area contributed by atoms with Gasteiger partial charge in [-0.1, -0.05) is 26.8 Å². The van der Waals surface area contributed by atoms with E-state index in [1.165, 1.54) is 24.3 Å². The fourth-order valence-electron chi connectivity index (χ4n) is 2.93. The van der Waals surface area contributed by atoms with E-state index in [9.17, 15) is 0 Å². The van der Waals surface area contributed by atoms with Crippen molar-refractivity contribution in [1.82, 2.24) is 10.2 Å². The third-order valence-corrected chi connectivity index (χ3v) is 5.16. The van der Waals surface area contributed by atoms with Gasteiger partial charge >= 0.3 is 0 Å². The zero-order valence-electron chi connectivity index (χ0n) is 12.8. The predicted octanol–water partition coefficient (Wildman–Crippen LogP) is 3.74. The van der Waals surface area contributed by atoms with Crippen molar-refractivity contribution in [2.45, 2.75) is 58.7 Å². The monoisotopic (exact) mass is 280 g/mol. The molecule has 108 valence electrons. The number of piperazine rings is 1. The van der Waals surface area contributed by atoms with E-state index in [2.05, 4.69) is 55.4 Å². The number of hydrogen-bond donors (Lipinski definition) is 1. The molecule has 1 saturated heterocycles. The summed E-state index contributed by atoms with van der Waals surface area (Å²) in [6.45, 7) is 12.7. The highest BCUT2D eigenvalue weighted by molar-refractivity contribution is 7.09. The quantitative estimate of drug-likeness (QED) is 0.884. The maximum atomic E-state index is 3.77. The molecule has 1 aliphatic rings. The first-order valence-electron chi connectivity index (χ1n) is 7.54. The van der Waals surface area contributed by atoms with E-state index in [1.807, 2.05) is 11.3 Å². The molecule has 0 spiro atoms. The van der Waals surface area contributed by atoms with Gasteiger partial charge < -0.3 is 5.32 Å². The van der Waals surface area contributed by atoms with E-state index in [0.717, 1.165) is 19.0 Å². The lowest BCUT2D eigenvalue weighted by molar-refractivity contribution is 0.0673. The van der Waals surface area contributed by atoms with Crippen molar-refractivity contribution in [2.24, 2.45) is 5.92 Å². The summed E-state index contributed by atoms with van der Waals surface area (Å²) < 4.78 is 0. The molecule has 0 bridgehead atoms. The lowest BCUT2D eigenvalue weighted by Gasteiger charge is -2.46. The Hall–Kier alpha value is -0.380. The summed E-state index contributed by atoms with van der Waals surface area (Å²) >= 11 is 1.88. The molecule has 1 aliphatic heterocycles. The molecule has 2 rings (SSSR count). The van der Waals surface area contributed by atoms with Crippen LogP contribution in [0.15, 0.2) is 17.5 Å². The average molecular weight is 280 g/mol. The molecule has 2 nitrogen and oxygen atoms in total. The summed E-state index contributed by atoms with van der Waals surface area (Å²) in [5.41, 5.74) is 0.282. The highest BCUT2D eigenvalue weighted by atomic mass is 32.1. The molecule has 2 unspecified atom stereocenters. The molecule has 0 amide bonds. The molecule has 0 aliphatic carbocycles. The molecule has 2 heterocycles. The maximum Gasteiger partial charge on any atom is 0.0332 e. The van der Waals surface area contributed by atoms with Gasteiger partial charge in [-0.15, -0.1) is 11.3 Å². The molecule has 2 atom stereocenters. The van der Waals surface area contributed by atoms with Crippen LogP contribution in [-0.4, -0.2) is 29.6 Å². The van der Waals surface area contributed by atoms with Crippen LogP contribution in [0.4, 0.5) is 0 Å². The molecule has 0 saturated carbocycles. The van der Waals surface area contributed by atoms with Crippen molar-refractivity contribution in [3.05, 3.63) is 22.4 Å². The highest BCUT2D eigenvalue weighted by Crippen LogP contribution is 2.25. The van der Waals surface area contributed by atoms with Crippen molar-refractivity contribution in [3.63, 3.8) is 0 Å². The van der Waals surface area contributed by atoms with Crippen LogP contribution in [0, 0.1) is 5.92 Å². The van der Waals surface area contributed by atoms with E-state index >= 15 is 0 Å². The molecule has 1 N–H and O–H groups in total. The SMILES string of the molecule is CCC1(C)CN(Cc2cccs2)C(CC(C)C)CN1. The Morgan fingerprint density at radius 1 is 1.53 bits per heavy atom. The van der Waals surface area contributed by atoms with Crippen LogP contribution in [0.2, 0.25) is 0 Å². The van der Waals surface area contributed by atoms with E-state index in [1.54, 1.807) is 0 Å². The summed E-state index contributed by atoms with van der Waals surface area (Å²) in [4.78, 5) is 4.19. The minimum absolute atomic E-state index is 0.282. The fourth-order valence-corrected chi connectivity index (χ4v) is 3.66. The lowest BCUT2D eigenvalue weighted by Crippen LogP contribution is -2.62. The van der Waals surface area contributed by atoms with Gasteiger partial charge in [-0.25, -0.2) is 0 Å². The lowest BCUT2D eigenvalue weighted by atomic mass is 9.90. The van der Waals surface area contributed by atoms with E-state index in [0.29, 0.717) is 6.04 Å². The van der Waals surface area contributed by atoms with Crippen molar-refractivity contribution in [1.29, 1.82) is 0 Å². The number of nitrogens with zero attached hydrogens (tertiary/aromatic N) is 1. The first-order chi connectivity index (χ1) is 9.02. The predicted molar refractivity (Wildman–Crippen MR) is 84.7 cm³/mol. The van der Waals surface area contributed by atoms with Gasteiger partial charge in [0.15, 0.2) is 0 Å². The van der Waals surface area contributed by atoms with Crippen molar-refractivity contribution < 1.29 is 0 Å². The summed E-state index contributed by atoms with van der Waals surface area (Å²) in [7, 11) is 0. The standard InChI is InChI=1S/C16H28N2S/c1-5-16(4)12-18(11-15-7-6-8-19-15)14(10-17-16)9-13(2)3/h6-8,13-14,17H,5,9-12H2,1-4H3. The Morgan fingerprint density at radius 2 is 2.32 bits per heavy atom. The summed E-state index contributed by atoms with van der Waals surface area (Å²) in [5, 5.41) is 5.96. The molecule has 19 heavy (non-hydrogen) atoms. The molecule has 0 aromatic carbocycles. The van der Waals surface area contributed by atoms with Crippen molar-refractivity contribution in [2.75, 3.05) is 13.1 Å². The summed E-state index contributed by atoms with van der Waals surface area (Å²) in [6.07, 6.45) is 2.49. The van der Waals surface area contributed by atoms with Crippen LogP contribution in [0.5, 0.6) is 0 Å². The Morgan fingerprint density at radius 3 is 2.89 bits per heavy atom. The van der Waals surface area contributed by atoms with E-state index in [4.69, 9.17) is 0 Å². The topological polar surface area (TPSA) is 15.3 Å². The van der Waals surface area contributed by atoms with E-state index < -0.39 is 0 Å². The Balaban J connectivity index is 2.06. The van der Waals surface area contributed by atoms with Gasteiger partial charge in [0.05, 0.1) is 0 Å². The number of hydrogen-bond acceptors (Lipinski definition) is 3. The van der Waals surface area contributed by atoms with Crippen molar-refractivity contribution >= 4 is 11.3 Å². The van der Waals surface area contributed by atoms with Crippen LogP contribution in [0.1, 0.15) is 45.4 Å². The molecule has 1 aromatic rings. The molecular formula is C16H28N2S. The second-order valence-corrected chi connectivity index (χ2v) is 7.60. The number of nitrogens with one attached hydrogen (secondary N) is 1. The van der Waals surface area contributed by atoms with Crippen LogP contribution >= 0.6 is 11.3 Å². The fraction of sp³-hybridized carbons (Fsp3) is 0.750. The smallest absolute Gasteiger partial charge is 0.0332 e. The van der Waals surface area contributed by atoms with Crippen LogP contribution in [0.3, 0.4) is 0 Å². The number of rotatable bonds is 5. The normalized spacial score (nSPS) is 29.0. The Bertz CT molecular complexity index is 374. The second-order valence-electron chi connectivity index (χ2n) is 6.56. The van der Waals surface area contributed by atoms with Gasteiger partial charge in [0.1, 0.15) is 0 Å². The van der Waals surface area contributed by atoms with Gasteiger partial charge in [-0.3, -0.25) is 4.90 Å². The Labute approximate surface area is 122 Å². The maximum absolute atomic E-state index is 3.77. The van der Waals surface area contributed by atoms with Crippen LogP contribution in [-0.2, 0) is 6.54 Å². The van der Waals surface area contributed by atoms with Gasteiger partial charge in [0.2, 0.25) is 0 Å². The Kier molecular flexibility index (Phi) is 5.04. The summed E-state index contributed by atoms with van der Waals surface area (Å²) in [5.74, 6) is 0.767. The van der Waals surface area contributed by atoms with Gasteiger partial charge in [0, 0.05) is 36.1 Å². The minimum atomic E-state index is 0.282. The molecule has 0 radical (unpaired) electrons. The van der Waals surface area contributed by atoms with Crippen LogP contribution < -0.4 is 5.32 Å². The van der Waals surface area contributed by atoms with Gasteiger partial charge in [0.25, 0.3) is 0 Å². The average Bonchev–Trinajstić information content (AvgIpc) is 2.85. The van der Waals surface area contributed by atoms with Crippen LogP contribution in [0.25, 0.3) is 0 Å². The third-order valence-electron chi connectivity index (χ3n) is 4.30.